The minimum Gasteiger partial charge on any atom is -0.487 e. The van der Waals surface area contributed by atoms with Gasteiger partial charge in [0.05, 0.1) is 0 Å². The maximum atomic E-state index is 11.4. The van der Waals surface area contributed by atoms with Gasteiger partial charge in [-0.05, 0) is 55.3 Å². The van der Waals surface area contributed by atoms with Gasteiger partial charge in [-0.3, -0.25) is 0 Å². The average Bonchev–Trinajstić information content (AvgIpc) is 3.32. The van der Waals surface area contributed by atoms with Crippen molar-refractivity contribution in [1.82, 2.24) is 10.2 Å². The third kappa shape index (κ3) is 7.29. The zero-order valence-electron chi connectivity index (χ0n) is 18.9. The Morgan fingerprint density at radius 3 is 2.68 bits per heavy atom. The molecule has 10 heteroatoms. The van der Waals surface area contributed by atoms with Crippen LogP contribution in [0.1, 0.15) is 31.7 Å². The number of aromatic nitrogens is 2. The monoisotopic (exact) mass is 487 g/mol. The van der Waals surface area contributed by atoms with Crippen LogP contribution in [0.4, 0.5) is 0 Å². The van der Waals surface area contributed by atoms with Crippen molar-refractivity contribution >= 4 is 23.3 Å². The third-order valence-electron chi connectivity index (χ3n) is 4.57. The van der Waals surface area contributed by atoms with Crippen LogP contribution in [0.25, 0.3) is 11.5 Å². The van der Waals surface area contributed by atoms with Crippen LogP contribution in [0.3, 0.4) is 0 Å². The number of aliphatic carboxylic acids is 1. The Bertz CT molecular complexity index is 1100. The zero-order valence-corrected chi connectivity index (χ0v) is 19.7. The van der Waals surface area contributed by atoms with Crippen molar-refractivity contribution in [3.63, 3.8) is 0 Å². The first-order chi connectivity index (χ1) is 16.5. The van der Waals surface area contributed by atoms with Crippen LogP contribution in [0.5, 0.6) is 5.75 Å². The molecule has 1 unspecified atom stereocenters. The van der Waals surface area contributed by atoms with E-state index in [1.807, 2.05) is 13.0 Å². The van der Waals surface area contributed by atoms with E-state index in [4.69, 9.17) is 30.3 Å². The second kappa shape index (κ2) is 12.7. The fourth-order valence-corrected chi connectivity index (χ4v) is 3.06. The number of carboxylic acids is 1. The Labute approximate surface area is 202 Å². The van der Waals surface area contributed by atoms with Crippen LogP contribution in [-0.4, -0.2) is 52.9 Å². The number of rotatable bonds is 13. The summed E-state index contributed by atoms with van der Waals surface area (Å²) in [6, 6.07) is 14.1. The normalized spacial score (nSPS) is 12.4. The lowest BCUT2D eigenvalue weighted by Crippen LogP contribution is -2.26. The van der Waals surface area contributed by atoms with Crippen LogP contribution in [0.15, 0.2) is 58.1 Å². The molecule has 180 valence electrons. The highest BCUT2D eigenvalue weighted by molar-refractivity contribution is 6.30. The number of carbonyl (C=O) groups is 1. The molecular weight excluding hydrogens is 462 g/mol. The van der Waals surface area contributed by atoms with E-state index in [1.54, 1.807) is 49.4 Å². The second-order valence-corrected chi connectivity index (χ2v) is 7.65. The summed E-state index contributed by atoms with van der Waals surface area (Å²) >= 11 is 5.94. The minimum absolute atomic E-state index is 0.00321. The van der Waals surface area contributed by atoms with Gasteiger partial charge >= 0.3 is 5.97 Å². The zero-order chi connectivity index (χ0) is 24.3. The van der Waals surface area contributed by atoms with Crippen LogP contribution in [-0.2, 0) is 20.8 Å². The molecule has 1 atom stereocenters. The second-order valence-electron chi connectivity index (χ2n) is 7.21. The highest BCUT2D eigenvalue weighted by atomic mass is 35.5. The summed E-state index contributed by atoms with van der Waals surface area (Å²) in [5.41, 5.74) is 1.80. The van der Waals surface area contributed by atoms with E-state index in [0.29, 0.717) is 41.2 Å². The highest BCUT2D eigenvalue weighted by Crippen LogP contribution is 2.21. The number of hydrogen-bond acceptors (Lipinski definition) is 8. The molecule has 34 heavy (non-hydrogen) atoms. The largest absolute Gasteiger partial charge is 0.487 e. The molecule has 3 aromatic rings. The molecular formula is C24H26ClN3O6. The summed E-state index contributed by atoms with van der Waals surface area (Å²) in [4.78, 5) is 16.7. The molecule has 1 N–H and O–H groups in total. The Balaban J connectivity index is 1.73. The summed E-state index contributed by atoms with van der Waals surface area (Å²) in [5, 5.41) is 22.2. The van der Waals surface area contributed by atoms with E-state index in [0.717, 1.165) is 12.0 Å². The quantitative estimate of drug-likeness (QED) is 0.211. The van der Waals surface area contributed by atoms with Gasteiger partial charge < -0.3 is 23.8 Å². The number of oxime groups is 1. The van der Waals surface area contributed by atoms with Gasteiger partial charge in [-0.15, -0.1) is 10.2 Å². The van der Waals surface area contributed by atoms with Crippen molar-refractivity contribution < 1.29 is 28.6 Å². The standard InChI is InChI=1S/C24H26ClN3O6/c1-3-12-33-28-20(23-27-26-22(34-23)17-8-10-18(25)11-9-17)15-32-19-7-5-6-16(13-19)14-21(24(29)30)31-4-2/h5-11,13,21H,3-4,12,14-15H2,1-2H3,(H,29,30). The first-order valence-electron chi connectivity index (χ1n) is 10.8. The van der Waals surface area contributed by atoms with Crippen LogP contribution in [0, 0.1) is 0 Å². The summed E-state index contributed by atoms with van der Waals surface area (Å²) in [6.45, 7) is 4.46. The molecule has 0 spiro atoms. The van der Waals surface area contributed by atoms with Crippen LogP contribution >= 0.6 is 11.6 Å². The van der Waals surface area contributed by atoms with E-state index in [-0.39, 0.29) is 18.9 Å². The van der Waals surface area contributed by atoms with Crippen molar-refractivity contribution in [3.8, 4) is 17.2 Å². The van der Waals surface area contributed by atoms with Gasteiger partial charge in [0, 0.05) is 23.6 Å². The van der Waals surface area contributed by atoms with Crippen molar-refractivity contribution in [3.05, 3.63) is 65.0 Å². The van der Waals surface area contributed by atoms with E-state index in [2.05, 4.69) is 15.4 Å². The molecule has 9 nitrogen and oxygen atoms in total. The van der Waals surface area contributed by atoms with Gasteiger partial charge in [-0.25, -0.2) is 4.79 Å². The number of ether oxygens (including phenoxy) is 2. The molecule has 0 bridgehead atoms. The van der Waals surface area contributed by atoms with Gasteiger partial charge in [0.1, 0.15) is 19.0 Å². The van der Waals surface area contributed by atoms with E-state index in [1.165, 1.54) is 0 Å². The molecule has 0 saturated carbocycles. The first kappa shape index (κ1) is 25.2. The number of hydrogen-bond donors (Lipinski definition) is 1. The lowest BCUT2D eigenvalue weighted by Gasteiger charge is -2.13. The fourth-order valence-electron chi connectivity index (χ4n) is 2.94. The van der Waals surface area contributed by atoms with Gasteiger partial charge in [-0.1, -0.05) is 35.8 Å². The maximum Gasteiger partial charge on any atom is 0.333 e. The van der Waals surface area contributed by atoms with Gasteiger partial charge in [-0.2, -0.15) is 0 Å². The molecule has 1 aromatic heterocycles. The smallest absolute Gasteiger partial charge is 0.333 e. The molecule has 0 aliphatic rings. The topological polar surface area (TPSA) is 116 Å². The third-order valence-corrected chi connectivity index (χ3v) is 4.82. The maximum absolute atomic E-state index is 11.4. The molecule has 2 aromatic carbocycles. The van der Waals surface area contributed by atoms with E-state index in [9.17, 15) is 9.90 Å². The molecule has 0 saturated heterocycles. The van der Waals surface area contributed by atoms with Gasteiger partial charge in [0.2, 0.25) is 5.89 Å². The van der Waals surface area contributed by atoms with Crippen LogP contribution in [0.2, 0.25) is 5.02 Å². The van der Waals surface area contributed by atoms with Crippen LogP contribution < -0.4 is 4.74 Å². The number of nitrogens with zero attached hydrogens (tertiary/aromatic N) is 3. The number of halogens is 1. The molecule has 0 aliphatic heterocycles. The van der Waals surface area contributed by atoms with E-state index < -0.39 is 12.1 Å². The first-order valence-corrected chi connectivity index (χ1v) is 11.2. The van der Waals surface area contributed by atoms with Gasteiger partial charge in [0.25, 0.3) is 5.89 Å². The Hall–Kier alpha value is -3.43. The number of benzene rings is 2. The minimum atomic E-state index is -1.01. The molecule has 0 amide bonds. The predicted octanol–water partition coefficient (Wildman–Crippen LogP) is 4.63. The Morgan fingerprint density at radius 1 is 1.18 bits per heavy atom. The average molecular weight is 488 g/mol. The molecule has 1 heterocycles. The molecule has 0 radical (unpaired) electrons. The van der Waals surface area contributed by atoms with E-state index >= 15 is 0 Å². The van der Waals surface area contributed by atoms with Crippen molar-refractivity contribution in [1.29, 1.82) is 0 Å². The SMILES string of the molecule is CCCON=C(COc1cccc(CC(OCC)C(=O)O)c1)c1nnc(-c2ccc(Cl)cc2)o1. The lowest BCUT2D eigenvalue weighted by atomic mass is 10.1. The fraction of sp³-hybridized carbons (Fsp3) is 0.333. The summed E-state index contributed by atoms with van der Waals surface area (Å²) in [6.07, 6.45) is 0.0728. The van der Waals surface area contributed by atoms with Crippen molar-refractivity contribution in [2.24, 2.45) is 5.16 Å². The molecule has 0 aliphatic carbocycles. The summed E-state index contributed by atoms with van der Waals surface area (Å²) in [5.74, 6) is -0.00527. The summed E-state index contributed by atoms with van der Waals surface area (Å²) in [7, 11) is 0. The predicted molar refractivity (Wildman–Crippen MR) is 126 cm³/mol. The van der Waals surface area contributed by atoms with Gasteiger partial charge in [0.15, 0.2) is 11.8 Å². The van der Waals surface area contributed by atoms with Crippen molar-refractivity contribution in [2.75, 3.05) is 19.8 Å². The summed E-state index contributed by atoms with van der Waals surface area (Å²) < 4.78 is 17.0. The highest BCUT2D eigenvalue weighted by Gasteiger charge is 2.19. The molecule has 3 rings (SSSR count). The number of carboxylic acid groups (broad SMARTS) is 1. The van der Waals surface area contributed by atoms with Crippen molar-refractivity contribution in [2.45, 2.75) is 32.8 Å². The molecule has 0 fully saturated rings. The lowest BCUT2D eigenvalue weighted by molar-refractivity contribution is -0.149. The Kier molecular flexibility index (Phi) is 9.42. The Morgan fingerprint density at radius 2 is 1.97 bits per heavy atom.